The van der Waals surface area contributed by atoms with E-state index >= 15 is 0 Å². The molecule has 1 amide bonds. The van der Waals surface area contributed by atoms with Crippen LogP contribution in [0.25, 0.3) is 0 Å². The lowest BCUT2D eigenvalue weighted by Crippen LogP contribution is -2.44. The fraction of sp³-hybridized carbons (Fsp3) is 0.389. The molecule has 130 valence electrons. The quantitative estimate of drug-likeness (QED) is 0.877. The number of amides is 1. The number of para-hydroxylation sites is 1. The van der Waals surface area contributed by atoms with E-state index in [1.54, 1.807) is 0 Å². The van der Waals surface area contributed by atoms with Crippen LogP contribution in [0, 0.1) is 0 Å². The van der Waals surface area contributed by atoms with E-state index in [0.29, 0.717) is 31.6 Å². The standard InChI is InChI=1S/C18H20N4O3/c23-15(7-9-21-8-5-12-3-1-2-4-14(12)21)22-10-6-13-16(20-11-19-13)17(22)18(24)25/h1-4,11,17H,5-10H2,(H,19,20)(H,24,25)/t17-/m0/s1. The van der Waals surface area contributed by atoms with Crippen molar-refractivity contribution in [2.24, 2.45) is 0 Å². The van der Waals surface area contributed by atoms with Crippen LogP contribution in [0.15, 0.2) is 30.6 Å². The Hall–Kier alpha value is -2.83. The van der Waals surface area contributed by atoms with Gasteiger partial charge in [0.25, 0.3) is 0 Å². The van der Waals surface area contributed by atoms with E-state index in [4.69, 9.17) is 0 Å². The number of aromatic nitrogens is 2. The largest absolute Gasteiger partial charge is 0.479 e. The number of imidazole rings is 1. The average molecular weight is 340 g/mol. The topological polar surface area (TPSA) is 89.5 Å². The minimum absolute atomic E-state index is 0.134. The van der Waals surface area contributed by atoms with Crippen molar-refractivity contribution < 1.29 is 14.7 Å². The van der Waals surface area contributed by atoms with Gasteiger partial charge in [0.2, 0.25) is 5.91 Å². The molecular weight excluding hydrogens is 320 g/mol. The summed E-state index contributed by atoms with van der Waals surface area (Å²) in [6.07, 6.45) is 3.40. The summed E-state index contributed by atoms with van der Waals surface area (Å²) in [6.45, 7) is 1.91. The van der Waals surface area contributed by atoms with Gasteiger partial charge in [-0.1, -0.05) is 18.2 Å². The van der Waals surface area contributed by atoms with Gasteiger partial charge in [-0.25, -0.2) is 9.78 Å². The van der Waals surface area contributed by atoms with Crippen LogP contribution in [0.4, 0.5) is 5.69 Å². The summed E-state index contributed by atoms with van der Waals surface area (Å²) >= 11 is 0. The number of hydrogen-bond acceptors (Lipinski definition) is 4. The highest BCUT2D eigenvalue weighted by molar-refractivity contribution is 5.85. The Kier molecular flexibility index (Phi) is 3.91. The number of benzene rings is 1. The number of hydrogen-bond donors (Lipinski definition) is 2. The molecule has 3 heterocycles. The van der Waals surface area contributed by atoms with Crippen LogP contribution in [0.3, 0.4) is 0 Å². The summed E-state index contributed by atoms with van der Waals surface area (Å²) in [6, 6.07) is 7.22. The van der Waals surface area contributed by atoms with Crippen LogP contribution in [0.1, 0.15) is 29.4 Å². The highest BCUT2D eigenvalue weighted by Crippen LogP contribution is 2.30. The molecule has 0 spiro atoms. The zero-order valence-corrected chi connectivity index (χ0v) is 13.8. The van der Waals surface area contributed by atoms with Crippen molar-refractivity contribution in [1.29, 1.82) is 0 Å². The molecule has 7 heteroatoms. The molecule has 0 bridgehead atoms. The molecule has 2 N–H and O–H groups in total. The number of carboxylic acids is 1. The van der Waals surface area contributed by atoms with Crippen molar-refractivity contribution in [1.82, 2.24) is 14.9 Å². The number of H-pyrrole nitrogens is 1. The monoisotopic (exact) mass is 340 g/mol. The average Bonchev–Trinajstić information content (AvgIpc) is 3.25. The fourth-order valence-corrected chi connectivity index (χ4v) is 3.81. The molecule has 2 aliphatic heterocycles. The molecular formula is C18H20N4O3. The lowest BCUT2D eigenvalue weighted by atomic mass is 10.0. The molecule has 2 aliphatic rings. The van der Waals surface area contributed by atoms with Crippen LogP contribution >= 0.6 is 0 Å². The van der Waals surface area contributed by atoms with E-state index in [1.807, 2.05) is 12.1 Å². The SMILES string of the molecule is O=C(O)[C@@H]1c2nc[nH]c2CCN1C(=O)CCN1CCc2ccccc21. The zero-order chi connectivity index (χ0) is 17.4. The number of nitrogens with one attached hydrogen (secondary N) is 1. The Balaban J connectivity index is 1.46. The molecule has 0 aliphatic carbocycles. The molecule has 2 aromatic rings. The summed E-state index contributed by atoms with van der Waals surface area (Å²) in [4.78, 5) is 35.1. The molecule has 25 heavy (non-hydrogen) atoms. The number of fused-ring (bicyclic) bond motifs is 2. The van der Waals surface area contributed by atoms with Crippen molar-refractivity contribution in [3.05, 3.63) is 47.5 Å². The Labute approximate surface area is 145 Å². The van der Waals surface area contributed by atoms with Gasteiger partial charge >= 0.3 is 5.97 Å². The molecule has 1 aromatic carbocycles. The van der Waals surface area contributed by atoms with Crippen LogP contribution in [0.5, 0.6) is 0 Å². The van der Waals surface area contributed by atoms with Gasteiger partial charge in [0.15, 0.2) is 6.04 Å². The first-order valence-electron chi connectivity index (χ1n) is 8.52. The first-order chi connectivity index (χ1) is 12.1. The van der Waals surface area contributed by atoms with Crippen molar-refractivity contribution in [3.8, 4) is 0 Å². The van der Waals surface area contributed by atoms with E-state index in [-0.39, 0.29) is 5.91 Å². The molecule has 0 fully saturated rings. The second-order valence-corrected chi connectivity index (χ2v) is 6.46. The third kappa shape index (κ3) is 2.75. The van der Waals surface area contributed by atoms with Gasteiger partial charge in [0.05, 0.1) is 12.0 Å². The third-order valence-corrected chi connectivity index (χ3v) is 5.06. The molecule has 0 saturated carbocycles. The number of rotatable bonds is 4. The molecule has 0 unspecified atom stereocenters. The maximum absolute atomic E-state index is 12.7. The number of carbonyl (C=O) groups is 2. The number of nitrogens with zero attached hydrogens (tertiary/aromatic N) is 3. The summed E-state index contributed by atoms with van der Waals surface area (Å²) in [5.41, 5.74) is 3.75. The smallest absolute Gasteiger partial charge is 0.332 e. The van der Waals surface area contributed by atoms with Gasteiger partial charge < -0.3 is 19.9 Å². The number of carbonyl (C=O) groups excluding carboxylic acids is 1. The van der Waals surface area contributed by atoms with E-state index < -0.39 is 12.0 Å². The number of carboxylic acid groups (broad SMARTS) is 1. The first kappa shape index (κ1) is 15.7. The van der Waals surface area contributed by atoms with E-state index in [1.165, 1.54) is 22.5 Å². The Bertz CT molecular complexity index is 816. The summed E-state index contributed by atoms with van der Waals surface area (Å²) < 4.78 is 0. The van der Waals surface area contributed by atoms with Crippen LogP contribution in [-0.2, 0) is 22.4 Å². The summed E-state index contributed by atoms with van der Waals surface area (Å²) in [7, 11) is 0. The van der Waals surface area contributed by atoms with Gasteiger partial charge in [0, 0.05) is 43.9 Å². The minimum atomic E-state index is -1.03. The molecule has 0 saturated heterocycles. The van der Waals surface area contributed by atoms with E-state index in [2.05, 4.69) is 27.0 Å². The van der Waals surface area contributed by atoms with Gasteiger partial charge in [-0.05, 0) is 18.1 Å². The maximum Gasteiger partial charge on any atom is 0.332 e. The maximum atomic E-state index is 12.7. The van der Waals surface area contributed by atoms with Gasteiger partial charge in [0.1, 0.15) is 0 Å². The van der Waals surface area contributed by atoms with E-state index in [0.717, 1.165) is 18.7 Å². The highest BCUT2D eigenvalue weighted by Gasteiger charge is 2.37. The first-order valence-corrected chi connectivity index (χ1v) is 8.52. The van der Waals surface area contributed by atoms with Crippen LogP contribution in [-0.4, -0.2) is 51.5 Å². The Morgan fingerprint density at radius 1 is 1.24 bits per heavy atom. The van der Waals surface area contributed by atoms with Crippen molar-refractivity contribution in [2.75, 3.05) is 24.5 Å². The summed E-state index contributed by atoms with van der Waals surface area (Å²) in [5, 5.41) is 9.57. The fourth-order valence-electron chi connectivity index (χ4n) is 3.81. The number of aliphatic carboxylic acids is 1. The Morgan fingerprint density at radius 2 is 2.08 bits per heavy atom. The zero-order valence-electron chi connectivity index (χ0n) is 13.8. The Morgan fingerprint density at radius 3 is 2.92 bits per heavy atom. The third-order valence-electron chi connectivity index (χ3n) is 5.06. The number of aromatic amines is 1. The highest BCUT2D eigenvalue weighted by atomic mass is 16.4. The second-order valence-electron chi connectivity index (χ2n) is 6.46. The van der Waals surface area contributed by atoms with Crippen LogP contribution in [0.2, 0.25) is 0 Å². The van der Waals surface area contributed by atoms with Gasteiger partial charge in [-0.3, -0.25) is 4.79 Å². The predicted octanol–water partition coefficient (Wildman–Crippen LogP) is 1.37. The normalized spacial score (nSPS) is 18.8. The van der Waals surface area contributed by atoms with Crippen molar-refractivity contribution in [2.45, 2.75) is 25.3 Å². The second kappa shape index (κ2) is 6.23. The van der Waals surface area contributed by atoms with Crippen LogP contribution < -0.4 is 4.90 Å². The molecule has 1 aromatic heterocycles. The van der Waals surface area contributed by atoms with Crippen molar-refractivity contribution >= 4 is 17.6 Å². The molecule has 4 rings (SSSR count). The predicted molar refractivity (Wildman–Crippen MR) is 91.4 cm³/mol. The summed E-state index contributed by atoms with van der Waals surface area (Å²) in [5.74, 6) is -1.17. The molecule has 1 atom stereocenters. The minimum Gasteiger partial charge on any atom is -0.479 e. The van der Waals surface area contributed by atoms with Crippen molar-refractivity contribution in [3.63, 3.8) is 0 Å². The lowest BCUT2D eigenvalue weighted by Gasteiger charge is -2.32. The molecule has 7 nitrogen and oxygen atoms in total. The molecule has 0 radical (unpaired) electrons. The number of anilines is 1. The van der Waals surface area contributed by atoms with Gasteiger partial charge in [-0.2, -0.15) is 0 Å². The van der Waals surface area contributed by atoms with Gasteiger partial charge in [-0.15, -0.1) is 0 Å². The lowest BCUT2D eigenvalue weighted by molar-refractivity contribution is -0.151. The van der Waals surface area contributed by atoms with E-state index in [9.17, 15) is 14.7 Å².